The molecule has 0 aliphatic heterocycles. The Hall–Kier alpha value is -1.62. The molecule has 0 amide bonds. The lowest BCUT2D eigenvalue weighted by molar-refractivity contribution is 0.606. The lowest BCUT2D eigenvalue weighted by Gasteiger charge is -2.25. The molecule has 3 rings (SSSR count). The summed E-state index contributed by atoms with van der Waals surface area (Å²) >= 11 is 1.87. The maximum absolute atomic E-state index is 4.57. The van der Waals surface area contributed by atoms with Crippen LogP contribution < -0.4 is 10.6 Å². The van der Waals surface area contributed by atoms with Crippen molar-refractivity contribution in [2.75, 3.05) is 17.7 Å². The fourth-order valence-electron chi connectivity index (χ4n) is 2.81. The molecule has 1 aliphatic carbocycles. The van der Waals surface area contributed by atoms with Crippen LogP contribution in [0.15, 0.2) is 11.4 Å². The number of hydrogen-bond acceptors (Lipinski definition) is 5. The summed E-state index contributed by atoms with van der Waals surface area (Å²) in [7, 11) is 1.90. The third-order valence-electron chi connectivity index (χ3n) is 3.86. The maximum atomic E-state index is 4.57. The number of fused-ring (bicyclic) bond motifs is 1. The molecular weight excluding hydrogens is 268 g/mol. The normalized spacial score (nSPS) is 17.6. The van der Waals surface area contributed by atoms with Crippen LogP contribution in [-0.4, -0.2) is 17.0 Å². The van der Waals surface area contributed by atoms with Crippen LogP contribution in [0.4, 0.5) is 11.6 Å². The van der Waals surface area contributed by atoms with E-state index >= 15 is 0 Å². The molecule has 20 heavy (non-hydrogen) atoms. The van der Waals surface area contributed by atoms with Crippen molar-refractivity contribution in [2.24, 2.45) is 0 Å². The molecule has 2 heterocycles. The van der Waals surface area contributed by atoms with Gasteiger partial charge in [-0.05, 0) is 50.1 Å². The first-order valence-electron chi connectivity index (χ1n) is 7.05. The van der Waals surface area contributed by atoms with Crippen LogP contribution in [0, 0.1) is 13.8 Å². The lowest BCUT2D eigenvalue weighted by Crippen LogP contribution is -2.18. The van der Waals surface area contributed by atoms with Crippen molar-refractivity contribution in [1.82, 2.24) is 9.97 Å². The summed E-state index contributed by atoms with van der Waals surface area (Å²) in [5.74, 6) is 2.65. The van der Waals surface area contributed by atoms with Gasteiger partial charge >= 0.3 is 0 Å². The highest BCUT2D eigenvalue weighted by Gasteiger charge is 2.22. The Morgan fingerprint density at radius 1 is 1.25 bits per heavy atom. The van der Waals surface area contributed by atoms with Crippen molar-refractivity contribution in [2.45, 2.75) is 39.2 Å². The van der Waals surface area contributed by atoms with Gasteiger partial charge in [0.25, 0.3) is 0 Å². The smallest absolute Gasteiger partial charge is 0.135 e. The number of rotatable bonds is 3. The van der Waals surface area contributed by atoms with E-state index in [1.165, 1.54) is 29.7 Å². The van der Waals surface area contributed by atoms with Crippen LogP contribution in [0.2, 0.25) is 0 Å². The molecule has 106 valence electrons. The van der Waals surface area contributed by atoms with E-state index in [4.69, 9.17) is 0 Å². The van der Waals surface area contributed by atoms with E-state index in [1.807, 2.05) is 25.3 Å². The Morgan fingerprint density at radius 3 is 2.85 bits per heavy atom. The van der Waals surface area contributed by atoms with E-state index in [1.54, 1.807) is 0 Å². The van der Waals surface area contributed by atoms with Crippen LogP contribution in [0.5, 0.6) is 0 Å². The Bertz CT molecular complexity index is 620. The Morgan fingerprint density at radius 2 is 2.05 bits per heavy atom. The van der Waals surface area contributed by atoms with Gasteiger partial charge < -0.3 is 10.6 Å². The van der Waals surface area contributed by atoms with Crippen LogP contribution in [0.25, 0.3) is 0 Å². The molecule has 4 nitrogen and oxygen atoms in total. The molecule has 1 aliphatic rings. The number of nitrogens with one attached hydrogen (secondary N) is 2. The van der Waals surface area contributed by atoms with Gasteiger partial charge in [0.15, 0.2) is 0 Å². The molecule has 1 atom stereocenters. The van der Waals surface area contributed by atoms with E-state index < -0.39 is 0 Å². The first-order valence-corrected chi connectivity index (χ1v) is 7.93. The second-order valence-corrected chi connectivity index (χ2v) is 6.23. The maximum Gasteiger partial charge on any atom is 0.135 e. The zero-order valence-corrected chi connectivity index (χ0v) is 13.0. The van der Waals surface area contributed by atoms with Gasteiger partial charge in [-0.25, -0.2) is 9.97 Å². The summed E-state index contributed by atoms with van der Waals surface area (Å²) in [5, 5.41) is 8.96. The molecule has 0 bridgehead atoms. The van der Waals surface area contributed by atoms with E-state index in [0.29, 0.717) is 6.04 Å². The summed E-state index contributed by atoms with van der Waals surface area (Å²) in [6.07, 6.45) is 3.63. The zero-order valence-electron chi connectivity index (χ0n) is 12.2. The molecule has 0 aromatic carbocycles. The molecular formula is C15H20N4S. The standard InChI is InChI=1S/C15H20N4S/c1-9-14(16-3)17-10(2)18-15(9)19-12-5-4-6-13-11(12)7-8-20-13/h7-8,12H,4-6H2,1-3H3,(H2,16,17,18,19). The second-order valence-electron chi connectivity index (χ2n) is 5.23. The van der Waals surface area contributed by atoms with E-state index in [0.717, 1.165) is 23.0 Å². The van der Waals surface area contributed by atoms with E-state index in [2.05, 4.69) is 39.0 Å². The number of thiophene rings is 1. The first kappa shape index (κ1) is 13.4. The summed E-state index contributed by atoms with van der Waals surface area (Å²) in [6.45, 7) is 3.99. The fourth-order valence-corrected chi connectivity index (χ4v) is 3.80. The predicted molar refractivity (Wildman–Crippen MR) is 84.7 cm³/mol. The largest absolute Gasteiger partial charge is 0.373 e. The van der Waals surface area contributed by atoms with Crippen LogP contribution in [-0.2, 0) is 6.42 Å². The van der Waals surface area contributed by atoms with Crippen molar-refractivity contribution in [3.8, 4) is 0 Å². The highest BCUT2D eigenvalue weighted by molar-refractivity contribution is 7.10. The highest BCUT2D eigenvalue weighted by Crippen LogP contribution is 2.36. The average Bonchev–Trinajstić information content (AvgIpc) is 2.92. The van der Waals surface area contributed by atoms with Gasteiger partial charge in [-0.3, -0.25) is 0 Å². The molecule has 0 radical (unpaired) electrons. The molecule has 2 aromatic rings. The minimum Gasteiger partial charge on any atom is -0.373 e. The first-order chi connectivity index (χ1) is 9.69. The van der Waals surface area contributed by atoms with Gasteiger partial charge in [-0.1, -0.05) is 0 Å². The minimum atomic E-state index is 0.378. The minimum absolute atomic E-state index is 0.378. The fraction of sp³-hybridized carbons (Fsp3) is 0.467. The topological polar surface area (TPSA) is 49.8 Å². The van der Waals surface area contributed by atoms with E-state index in [-0.39, 0.29) is 0 Å². The summed E-state index contributed by atoms with van der Waals surface area (Å²) in [5.41, 5.74) is 2.53. The zero-order chi connectivity index (χ0) is 14.1. The summed E-state index contributed by atoms with van der Waals surface area (Å²) < 4.78 is 0. The second kappa shape index (κ2) is 5.40. The van der Waals surface area contributed by atoms with Gasteiger partial charge in [0.05, 0.1) is 6.04 Å². The molecule has 0 fully saturated rings. The monoisotopic (exact) mass is 288 g/mol. The SMILES string of the molecule is CNc1nc(C)nc(NC2CCCc3sccc32)c1C. The third-order valence-corrected chi connectivity index (χ3v) is 4.85. The summed E-state index contributed by atoms with van der Waals surface area (Å²) in [4.78, 5) is 10.5. The third kappa shape index (κ3) is 2.38. The molecule has 0 saturated heterocycles. The Balaban J connectivity index is 1.91. The number of aromatic nitrogens is 2. The van der Waals surface area contributed by atoms with E-state index in [9.17, 15) is 0 Å². The van der Waals surface area contributed by atoms with Crippen molar-refractivity contribution in [3.05, 3.63) is 33.3 Å². The molecule has 5 heteroatoms. The predicted octanol–water partition coefficient (Wildman–Crippen LogP) is 3.69. The van der Waals surface area contributed by atoms with Crippen LogP contribution in [0.3, 0.4) is 0 Å². The number of aryl methyl sites for hydroxylation is 2. The Labute approximate surface area is 123 Å². The quantitative estimate of drug-likeness (QED) is 0.904. The van der Waals surface area contributed by atoms with Crippen molar-refractivity contribution in [1.29, 1.82) is 0 Å². The Kier molecular flexibility index (Phi) is 3.61. The van der Waals surface area contributed by atoms with Crippen molar-refractivity contribution < 1.29 is 0 Å². The molecule has 0 saturated carbocycles. The van der Waals surface area contributed by atoms with Gasteiger partial charge in [0.2, 0.25) is 0 Å². The van der Waals surface area contributed by atoms with Gasteiger partial charge in [0.1, 0.15) is 17.5 Å². The van der Waals surface area contributed by atoms with Crippen molar-refractivity contribution >= 4 is 23.0 Å². The lowest BCUT2D eigenvalue weighted by atomic mass is 9.94. The molecule has 2 N–H and O–H groups in total. The van der Waals surface area contributed by atoms with Crippen LogP contribution in [0.1, 0.15) is 40.7 Å². The molecule has 1 unspecified atom stereocenters. The number of hydrogen-bond donors (Lipinski definition) is 2. The average molecular weight is 288 g/mol. The van der Waals surface area contributed by atoms with Gasteiger partial charge in [-0.15, -0.1) is 11.3 Å². The number of nitrogens with zero attached hydrogens (tertiary/aromatic N) is 2. The van der Waals surface area contributed by atoms with Crippen molar-refractivity contribution in [3.63, 3.8) is 0 Å². The molecule has 0 spiro atoms. The number of anilines is 2. The highest BCUT2D eigenvalue weighted by atomic mass is 32.1. The summed E-state index contributed by atoms with van der Waals surface area (Å²) in [6, 6.07) is 2.63. The molecule has 2 aromatic heterocycles. The van der Waals surface area contributed by atoms with Gasteiger partial charge in [-0.2, -0.15) is 0 Å². The van der Waals surface area contributed by atoms with Crippen LogP contribution >= 0.6 is 11.3 Å². The van der Waals surface area contributed by atoms with Gasteiger partial charge in [0, 0.05) is 17.5 Å².